The Morgan fingerprint density at radius 2 is 2.08 bits per heavy atom. The third kappa shape index (κ3) is 16.4. The van der Waals surface area contributed by atoms with Gasteiger partial charge >= 0.3 is 5.97 Å². The minimum Gasteiger partial charge on any atom is -0.458 e. The number of nitrogens with zero attached hydrogens (tertiary/aromatic N) is 1. The van der Waals surface area contributed by atoms with Crippen molar-refractivity contribution in [2.45, 2.75) is 13.8 Å². The summed E-state index contributed by atoms with van der Waals surface area (Å²) < 4.78 is 0. The van der Waals surface area contributed by atoms with Crippen LogP contribution in [0.5, 0.6) is 0 Å². The van der Waals surface area contributed by atoms with E-state index in [4.69, 9.17) is 12.3 Å². The Hall–Kier alpha value is -0.216. The largest absolute Gasteiger partial charge is 0.458 e. The Morgan fingerprint density at radius 3 is 2.33 bits per heavy atom. The molecule has 0 aromatic carbocycles. The van der Waals surface area contributed by atoms with Crippen molar-refractivity contribution in [2.75, 3.05) is 0 Å². The molecule has 0 rings (SSSR count). The Morgan fingerprint density at radius 1 is 1.67 bits per heavy atom. The molecule has 0 unspecified atom stereocenters. The number of rotatable bonds is 2. The van der Waals surface area contributed by atoms with E-state index in [0.29, 0.717) is 0 Å². The number of hydrogen-bond donors (Lipinski definition) is 1. The van der Waals surface area contributed by atoms with Gasteiger partial charge < -0.3 is 17.5 Å². The van der Waals surface area contributed by atoms with E-state index in [-0.39, 0.29) is 38.5 Å². The summed E-state index contributed by atoms with van der Waals surface area (Å²) in [5, 5.41) is 3.11. The average molecular weight is 245 g/mol. The normalized spacial score (nSPS) is 8.42. The maximum absolute atomic E-state index is 10.0. The summed E-state index contributed by atoms with van der Waals surface area (Å²) in [6.45, 7) is 11.1. The molecule has 4 nitrogen and oxygen atoms in total. The number of nitrogens with two attached hydrogens (primary N) is 1. The van der Waals surface area contributed by atoms with Gasteiger partial charge in [0.2, 0.25) is 0 Å². The first-order chi connectivity index (χ1) is 5.16. The van der Waals surface area contributed by atoms with Gasteiger partial charge in [-0.3, -0.25) is 6.58 Å². The van der Waals surface area contributed by atoms with E-state index in [2.05, 4.69) is 16.9 Å². The fourth-order valence-corrected chi connectivity index (χ4v) is 0.147. The number of amidine groups is 1. The molecular weight excluding hydrogens is 233 g/mol. The van der Waals surface area contributed by atoms with E-state index < -0.39 is 5.97 Å². The third-order valence-corrected chi connectivity index (χ3v) is 0.450. The zero-order chi connectivity index (χ0) is 9.28. The standard InChI is InChI=1S/C5H7N2O2.C2H5.Y/c1-3-5(6)7-9-4(2)8;1-2;/h1,3H,2H3,(H2,6,7);1H2,2H3;/q2*-1;. The molecule has 0 atom stereocenters. The van der Waals surface area contributed by atoms with Crippen LogP contribution in [0.1, 0.15) is 13.8 Å². The second-order valence-electron chi connectivity index (χ2n) is 1.27. The van der Waals surface area contributed by atoms with Crippen LogP contribution in [0, 0.1) is 13.5 Å². The summed E-state index contributed by atoms with van der Waals surface area (Å²) in [5.41, 5.74) is 5.01. The molecule has 0 aliphatic rings. The zero-order valence-corrected chi connectivity index (χ0v) is 10.1. The summed E-state index contributed by atoms with van der Waals surface area (Å²) in [5.74, 6) is -0.551. The SMILES string of the molecule is [CH-]=C/C(N)=N/OC(C)=O.[CH2-]C.[Y]. The van der Waals surface area contributed by atoms with Gasteiger partial charge in [0.1, 0.15) is 0 Å². The molecule has 0 aromatic heterocycles. The molecular formula is C7H12N2O2Y-2. The predicted molar refractivity (Wildman–Crippen MR) is 43.3 cm³/mol. The molecule has 0 spiro atoms. The average Bonchev–Trinajstić information content (AvgIpc) is 2.04. The summed E-state index contributed by atoms with van der Waals surface area (Å²) in [6, 6.07) is 0. The number of carbonyl (C=O) groups excluding carboxylic acids is 1. The van der Waals surface area contributed by atoms with Crippen molar-refractivity contribution in [2.24, 2.45) is 10.9 Å². The van der Waals surface area contributed by atoms with E-state index in [1.165, 1.54) is 6.92 Å². The Bertz CT molecular complexity index is 157. The van der Waals surface area contributed by atoms with Crippen LogP contribution in [0.3, 0.4) is 0 Å². The molecule has 67 valence electrons. The van der Waals surface area contributed by atoms with Crippen LogP contribution in [0.4, 0.5) is 0 Å². The molecule has 2 N–H and O–H groups in total. The maximum atomic E-state index is 10.0. The number of carbonyl (C=O) groups is 1. The van der Waals surface area contributed by atoms with Crippen LogP contribution in [-0.4, -0.2) is 11.8 Å². The smallest absolute Gasteiger partial charge is 0.329 e. The van der Waals surface area contributed by atoms with Gasteiger partial charge in [0.25, 0.3) is 0 Å². The number of oxime groups is 1. The molecule has 1 radical (unpaired) electrons. The van der Waals surface area contributed by atoms with Crippen molar-refractivity contribution in [3.63, 3.8) is 0 Å². The Kier molecular flexibility index (Phi) is 19.8. The molecule has 12 heavy (non-hydrogen) atoms. The molecule has 5 heteroatoms. The first kappa shape index (κ1) is 17.8. The minimum absolute atomic E-state index is 0. The summed E-state index contributed by atoms with van der Waals surface area (Å²) in [6.07, 6.45) is 1.03. The second-order valence-corrected chi connectivity index (χ2v) is 1.27. The quantitative estimate of drug-likeness (QED) is 0.255. The molecule has 0 aromatic rings. The van der Waals surface area contributed by atoms with Gasteiger partial charge in [0.15, 0.2) is 0 Å². The van der Waals surface area contributed by atoms with Crippen LogP contribution < -0.4 is 5.73 Å². The fraction of sp³-hybridized carbons (Fsp3) is 0.286. The topological polar surface area (TPSA) is 64.7 Å². The van der Waals surface area contributed by atoms with Crippen LogP contribution in [-0.2, 0) is 42.3 Å². The zero-order valence-electron chi connectivity index (χ0n) is 7.28. The predicted octanol–water partition coefficient (Wildman–Crippen LogP) is 0.649. The van der Waals surface area contributed by atoms with Crippen molar-refractivity contribution < 1.29 is 42.3 Å². The Balaban J connectivity index is -0.000000249. The minimum atomic E-state index is -0.528. The summed E-state index contributed by atoms with van der Waals surface area (Å²) in [7, 11) is 0. The first-order valence-electron chi connectivity index (χ1n) is 2.93. The van der Waals surface area contributed by atoms with Gasteiger partial charge in [-0.2, -0.15) is 18.2 Å². The van der Waals surface area contributed by atoms with Gasteiger partial charge in [-0.25, -0.2) is 4.79 Å². The van der Waals surface area contributed by atoms with Crippen molar-refractivity contribution in [3.05, 3.63) is 19.6 Å². The molecule has 0 saturated heterocycles. The third-order valence-electron chi connectivity index (χ3n) is 0.450. The molecule has 0 aliphatic heterocycles. The van der Waals surface area contributed by atoms with Crippen LogP contribution in [0.25, 0.3) is 0 Å². The van der Waals surface area contributed by atoms with Crippen LogP contribution in [0.15, 0.2) is 11.2 Å². The molecule has 0 saturated carbocycles. The maximum Gasteiger partial charge on any atom is 0.329 e. The summed E-state index contributed by atoms with van der Waals surface area (Å²) >= 11 is 0. The van der Waals surface area contributed by atoms with E-state index in [0.717, 1.165) is 6.08 Å². The van der Waals surface area contributed by atoms with Crippen molar-refractivity contribution in [3.8, 4) is 0 Å². The monoisotopic (exact) mass is 245 g/mol. The van der Waals surface area contributed by atoms with Crippen molar-refractivity contribution in [1.82, 2.24) is 0 Å². The van der Waals surface area contributed by atoms with Crippen LogP contribution in [0.2, 0.25) is 0 Å². The van der Waals surface area contributed by atoms with Crippen LogP contribution >= 0.6 is 0 Å². The van der Waals surface area contributed by atoms with Crippen molar-refractivity contribution >= 4 is 11.8 Å². The van der Waals surface area contributed by atoms with Gasteiger partial charge in [0.05, 0.1) is 0 Å². The van der Waals surface area contributed by atoms with Crippen molar-refractivity contribution in [1.29, 1.82) is 0 Å². The van der Waals surface area contributed by atoms with E-state index >= 15 is 0 Å². The Labute approximate surface area is 98.1 Å². The molecule has 0 bridgehead atoms. The number of hydrogen-bond acceptors (Lipinski definition) is 3. The first-order valence-corrected chi connectivity index (χ1v) is 2.93. The van der Waals surface area contributed by atoms with E-state index in [1.54, 1.807) is 6.92 Å². The molecule has 0 aliphatic carbocycles. The van der Waals surface area contributed by atoms with E-state index in [9.17, 15) is 4.79 Å². The summed E-state index contributed by atoms with van der Waals surface area (Å²) in [4.78, 5) is 14.1. The second kappa shape index (κ2) is 13.4. The van der Waals surface area contributed by atoms with Gasteiger partial charge in [-0.15, -0.1) is 0 Å². The fourth-order valence-electron chi connectivity index (χ4n) is 0.147. The van der Waals surface area contributed by atoms with Gasteiger partial charge in [0, 0.05) is 45.5 Å². The molecule has 0 heterocycles. The van der Waals surface area contributed by atoms with Gasteiger partial charge in [-0.1, -0.05) is 0 Å². The van der Waals surface area contributed by atoms with E-state index in [1.807, 2.05) is 0 Å². The molecule has 0 amide bonds. The molecule has 0 fully saturated rings. The van der Waals surface area contributed by atoms with Gasteiger partial charge in [-0.05, 0) is 0 Å².